The number of pyridine rings is 1. The van der Waals surface area contributed by atoms with Crippen LogP contribution in [0, 0.1) is 17.8 Å². The lowest BCUT2D eigenvalue weighted by molar-refractivity contribution is -0.123. The first-order valence-corrected chi connectivity index (χ1v) is 11.5. The summed E-state index contributed by atoms with van der Waals surface area (Å²) < 4.78 is 0. The van der Waals surface area contributed by atoms with Gasteiger partial charge in [0.25, 0.3) is 5.91 Å². The van der Waals surface area contributed by atoms with Crippen molar-refractivity contribution in [1.29, 1.82) is 0 Å². The van der Waals surface area contributed by atoms with E-state index < -0.39 is 12.1 Å². The molecule has 2 aromatic carbocycles. The summed E-state index contributed by atoms with van der Waals surface area (Å²) in [6.07, 6.45) is 0.728. The van der Waals surface area contributed by atoms with Crippen LogP contribution in [0.4, 0.5) is 5.82 Å². The number of nitrogen functional groups attached to an aromatic ring is 1. The SMILES string of the molecule is CC(C)C(N)C(=O)NCC(O)CNC(=O)c1ccc(C#Cc2c(N)ncc3ccc(Cl)cc23)cc1. The molecule has 0 spiro atoms. The number of halogens is 1. The molecule has 35 heavy (non-hydrogen) atoms. The number of rotatable bonds is 7. The van der Waals surface area contributed by atoms with Crippen LogP contribution in [0.5, 0.6) is 0 Å². The number of nitrogens with zero attached hydrogens (tertiary/aromatic N) is 1. The molecule has 7 N–H and O–H groups in total. The quantitative estimate of drug-likeness (QED) is 0.319. The Morgan fingerprint density at radius 1 is 1.09 bits per heavy atom. The zero-order valence-corrected chi connectivity index (χ0v) is 20.3. The predicted octanol–water partition coefficient (Wildman–Crippen LogP) is 2.06. The van der Waals surface area contributed by atoms with Crippen LogP contribution in [-0.2, 0) is 4.79 Å². The fourth-order valence-corrected chi connectivity index (χ4v) is 3.37. The molecule has 0 saturated carbocycles. The number of benzene rings is 2. The molecule has 0 radical (unpaired) electrons. The standard InChI is InChI=1S/C26H28ClN5O3/c1-15(2)23(28)26(35)32-14-20(33)13-31-25(34)17-6-3-16(4-7-17)5-10-21-22-11-19(27)9-8-18(22)12-30-24(21)29/h3-4,6-9,11-12,15,20,23,33H,13-14,28H2,1-2H3,(H2,29,30)(H,31,34)(H,32,35). The molecule has 0 aliphatic rings. The molecule has 1 heterocycles. The Bertz CT molecular complexity index is 1280. The molecule has 9 heteroatoms. The molecular weight excluding hydrogens is 466 g/mol. The number of carbonyl (C=O) groups is 2. The molecule has 8 nitrogen and oxygen atoms in total. The summed E-state index contributed by atoms with van der Waals surface area (Å²) in [5.41, 5.74) is 13.5. The minimum atomic E-state index is -0.944. The van der Waals surface area contributed by atoms with Gasteiger partial charge in [-0.15, -0.1) is 0 Å². The highest BCUT2D eigenvalue weighted by Crippen LogP contribution is 2.24. The first-order valence-electron chi connectivity index (χ1n) is 11.1. The van der Waals surface area contributed by atoms with Crippen LogP contribution in [0.15, 0.2) is 48.7 Å². The Morgan fingerprint density at radius 2 is 1.77 bits per heavy atom. The van der Waals surface area contributed by atoms with Gasteiger partial charge in [-0.1, -0.05) is 43.4 Å². The molecule has 3 rings (SSSR count). The summed E-state index contributed by atoms with van der Waals surface area (Å²) in [7, 11) is 0. The fourth-order valence-electron chi connectivity index (χ4n) is 3.19. The van der Waals surface area contributed by atoms with Crippen molar-refractivity contribution in [2.45, 2.75) is 26.0 Å². The zero-order chi connectivity index (χ0) is 25.5. The molecule has 182 valence electrons. The van der Waals surface area contributed by atoms with E-state index in [4.69, 9.17) is 23.1 Å². The highest BCUT2D eigenvalue weighted by atomic mass is 35.5. The molecule has 0 fully saturated rings. The third kappa shape index (κ3) is 6.93. The van der Waals surface area contributed by atoms with Crippen molar-refractivity contribution in [3.05, 3.63) is 70.4 Å². The number of aliphatic hydroxyl groups is 1. The molecule has 2 amide bonds. The first-order chi connectivity index (χ1) is 16.7. The molecule has 0 saturated heterocycles. The Hall–Kier alpha value is -3.64. The van der Waals surface area contributed by atoms with Crippen LogP contribution >= 0.6 is 11.6 Å². The van der Waals surface area contributed by atoms with Crippen LogP contribution in [0.3, 0.4) is 0 Å². The van der Waals surface area contributed by atoms with Crippen molar-refractivity contribution < 1.29 is 14.7 Å². The van der Waals surface area contributed by atoms with Crippen molar-refractivity contribution in [3.63, 3.8) is 0 Å². The third-order valence-corrected chi connectivity index (χ3v) is 5.63. The van der Waals surface area contributed by atoms with Gasteiger partial charge in [-0.3, -0.25) is 9.59 Å². The second-order valence-electron chi connectivity index (χ2n) is 8.46. The van der Waals surface area contributed by atoms with E-state index in [9.17, 15) is 14.7 Å². The van der Waals surface area contributed by atoms with Crippen molar-refractivity contribution in [1.82, 2.24) is 15.6 Å². The maximum absolute atomic E-state index is 12.4. The normalized spacial score (nSPS) is 12.5. The summed E-state index contributed by atoms with van der Waals surface area (Å²) >= 11 is 6.12. The number of nitrogens with two attached hydrogens (primary N) is 2. The maximum Gasteiger partial charge on any atom is 0.251 e. The van der Waals surface area contributed by atoms with Crippen LogP contribution in [-0.4, -0.2) is 47.1 Å². The Balaban J connectivity index is 1.59. The van der Waals surface area contributed by atoms with Gasteiger partial charge in [0.1, 0.15) is 5.82 Å². The van der Waals surface area contributed by atoms with Gasteiger partial charge < -0.3 is 27.2 Å². The van der Waals surface area contributed by atoms with E-state index in [0.29, 0.717) is 27.5 Å². The monoisotopic (exact) mass is 493 g/mol. The van der Waals surface area contributed by atoms with Crippen LogP contribution < -0.4 is 22.1 Å². The fraction of sp³-hybridized carbons (Fsp3) is 0.269. The number of amides is 2. The third-order valence-electron chi connectivity index (χ3n) is 5.39. The number of hydrogen-bond donors (Lipinski definition) is 5. The van der Waals surface area contributed by atoms with E-state index in [1.807, 2.05) is 19.9 Å². The summed E-state index contributed by atoms with van der Waals surface area (Å²) in [5, 5.41) is 17.5. The average molecular weight is 494 g/mol. The Labute approximate surface area is 209 Å². The minimum Gasteiger partial charge on any atom is -0.389 e. The number of nitrogens with one attached hydrogen (secondary N) is 2. The van der Waals surface area contributed by atoms with E-state index in [2.05, 4.69) is 27.5 Å². The number of hydrogen-bond acceptors (Lipinski definition) is 6. The average Bonchev–Trinajstić information content (AvgIpc) is 2.84. The lowest BCUT2D eigenvalue weighted by Crippen LogP contribution is -2.47. The van der Waals surface area contributed by atoms with Gasteiger partial charge in [-0.25, -0.2) is 4.98 Å². The van der Waals surface area contributed by atoms with Crippen LogP contribution in [0.25, 0.3) is 10.8 Å². The molecule has 1 aromatic heterocycles. The number of fused-ring (bicyclic) bond motifs is 1. The van der Waals surface area contributed by atoms with Crippen molar-refractivity contribution in [3.8, 4) is 11.8 Å². The van der Waals surface area contributed by atoms with Crippen LogP contribution in [0.1, 0.15) is 35.3 Å². The Kier molecular flexibility index (Phi) is 8.66. The van der Waals surface area contributed by atoms with Crippen LogP contribution in [0.2, 0.25) is 5.02 Å². The molecule has 2 unspecified atom stereocenters. The van der Waals surface area contributed by atoms with E-state index in [-0.39, 0.29) is 30.8 Å². The van der Waals surface area contributed by atoms with E-state index in [0.717, 1.165) is 10.8 Å². The second-order valence-corrected chi connectivity index (χ2v) is 8.89. The lowest BCUT2D eigenvalue weighted by atomic mass is 10.1. The van der Waals surface area contributed by atoms with Gasteiger partial charge in [-0.05, 0) is 42.3 Å². The molecular formula is C26H28ClN5O3. The Morgan fingerprint density at radius 3 is 2.46 bits per heavy atom. The molecule has 3 aromatic rings. The van der Waals surface area contributed by atoms with E-state index in [1.54, 1.807) is 42.6 Å². The van der Waals surface area contributed by atoms with Gasteiger partial charge in [0.15, 0.2) is 0 Å². The van der Waals surface area contributed by atoms with Gasteiger partial charge in [-0.2, -0.15) is 0 Å². The van der Waals surface area contributed by atoms with E-state index >= 15 is 0 Å². The van der Waals surface area contributed by atoms with Crippen molar-refractivity contribution in [2.75, 3.05) is 18.8 Å². The topological polar surface area (TPSA) is 143 Å². The predicted molar refractivity (Wildman–Crippen MR) is 138 cm³/mol. The highest BCUT2D eigenvalue weighted by molar-refractivity contribution is 6.31. The number of anilines is 1. The largest absolute Gasteiger partial charge is 0.389 e. The molecule has 0 bridgehead atoms. The molecule has 2 atom stereocenters. The minimum absolute atomic E-state index is 0.00850. The maximum atomic E-state index is 12.4. The van der Waals surface area contributed by atoms with Gasteiger partial charge in [0.05, 0.1) is 17.7 Å². The number of aromatic nitrogens is 1. The van der Waals surface area contributed by atoms with Gasteiger partial charge >= 0.3 is 0 Å². The van der Waals surface area contributed by atoms with Crippen molar-refractivity contribution in [2.24, 2.45) is 11.7 Å². The van der Waals surface area contributed by atoms with E-state index in [1.165, 1.54) is 0 Å². The number of aliphatic hydroxyl groups excluding tert-OH is 1. The lowest BCUT2D eigenvalue weighted by Gasteiger charge is -2.17. The number of carbonyl (C=O) groups excluding carboxylic acids is 2. The van der Waals surface area contributed by atoms with Gasteiger partial charge in [0, 0.05) is 46.2 Å². The molecule has 0 aliphatic heterocycles. The van der Waals surface area contributed by atoms with Crippen molar-refractivity contribution >= 4 is 40.0 Å². The zero-order valence-electron chi connectivity index (χ0n) is 19.5. The summed E-state index contributed by atoms with van der Waals surface area (Å²) in [6, 6.07) is 11.5. The second kappa shape index (κ2) is 11.7. The van der Waals surface area contributed by atoms with Gasteiger partial charge in [0.2, 0.25) is 5.91 Å². The summed E-state index contributed by atoms with van der Waals surface area (Å²) in [4.78, 5) is 28.4. The summed E-state index contributed by atoms with van der Waals surface area (Å²) in [5.74, 6) is 5.69. The first kappa shape index (κ1) is 26.0. The summed E-state index contributed by atoms with van der Waals surface area (Å²) in [6.45, 7) is 3.65. The highest BCUT2D eigenvalue weighted by Gasteiger charge is 2.18. The smallest absolute Gasteiger partial charge is 0.251 e. The molecule has 0 aliphatic carbocycles.